The third kappa shape index (κ3) is 3.01. The van der Waals surface area contributed by atoms with Gasteiger partial charge in [0.05, 0.1) is 34.8 Å². The normalized spacial score (nSPS) is 14.3. The van der Waals surface area contributed by atoms with E-state index in [9.17, 15) is 4.79 Å². The van der Waals surface area contributed by atoms with Crippen LogP contribution in [0.3, 0.4) is 0 Å². The van der Waals surface area contributed by atoms with Crippen LogP contribution in [0.2, 0.25) is 5.15 Å². The molecule has 1 fully saturated rings. The van der Waals surface area contributed by atoms with E-state index < -0.39 is 0 Å². The fourth-order valence-corrected chi connectivity index (χ4v) is 4.45. The van der Waals surface area contributed by atoms with Crippen LogP contribution >= 0.6 is 11.6 Å². The fraction of sp³-hybridized carbons (Fsp3) is 0.120. The van der Waals surface area contributed by atoms with Crippen LogP contribution in [-0.4, -0.2) is 25.1 Å². The van der Waals surface area contributed by atoms with Gasteiger partial charge in [-0.3, -0.25) is 14.2 Å². The first-order valence-electron chi connectivity index (χ1n) is 10.2. The molecule has 0 saturated heterocycles. The van der Waals surface area contributed by atoms with Gasteiger partial charge in [-0.05, 0) is 12.1 Å². The lowest BCUT2D eigenvalue weighted by atomic mass is 9.83. The number of fused-ring (bicyclic) bond motifs is 2. The molecule has 2 aromatic carbocycles. The maximum absolute atomic E-state index is 11.6. The molecule has 0 radical (unpaired) electrons. The molecular weight excluding hydrogens is 408 g/mol. The van der Waals surface area contributed by atoms with Gasteiger partial charge in [-0.2, -0.15) is 0 Å². The lowest BCUT2D eigenvalue weighted by molar-refractivity contribution is -0.124. The van der Waals surface area contributed by atoms with Crippen LogP contribution in [0.15, 0.2) is 73.1 Å². The second-order valence-corrected chi connectivity index (χ2v) is 8.27. The number of halogens is 1. The summed E-state index contributed by atoms with van der Waals surface area (Å²) < 4.78 is 1.92. The SMILES string of the molecule is O=C1CC(c2nc(-c3ccc4ccc(-c5ccccc5)nc4c3)c3cncc(Cl)n23)C1. The van der Waals surface area contributed by atoms with Gasteiger partial charge in [0.1, 0.15) is 16.8 Å². The van der Waals surface area contributed by atoms with E-state index in [1.54, 1.807) is 12.4 Å². The van der Waals surface area contributed by atoms with Gasteiger partial charge in [-0.25, -0.2) is 9.97 Å². The Bertz CT molecular complexity index is 1470. The average Bonchev–Trinajstić information content (AvgIpc) is 3.17. The van der Waals surface area contributed by atoms with Gasteiger partial charge < -0.3 is 0 Å². The zero-order valence-corrected chi connectivity index (χ0v) is 17.3. The number of nitrogens with zero attached hydrogens (tertiary/aromatic N) is 4. The van der Waals surface area contributed by atoms with Crippen molar-refractivity contribution < 1.29 is 4.79 Å². The molecule has 0 spiro atoms. The molecular formula is C25H17ClN4O. The highest BCUT2D eigenvalue weighted by Crippen LogP contribution is 2.38. The molecule has 1 saturated carbocycles. The number of hydrogen-bond acceptors (Lipinski definition) is 4. The zero-order valence-electron chi connectivity index (χ0n) is 16.5. The first kappa shape index (κ1) is 18.2. The van der Waals surface area contributed by atoms with E-state index in [-0.39, 0.29) is 11.7 Å². The second-order valence-electron chi connectivity index (χ2n) is 7.88. The first-order chi connectivity index (χ1) is 15.2. The van der Waals surface area contributed by atoms with Crippen molar-refractivity contribution in [2.75, 3.05) is 0 Å². The Hall–Kier alpha value is -3.57. The van der Waals surface area contributed by atoms with Crippen molar-refractivity contribution in [1.82, 2.24) is 19.4 Å². The molecule has 3 heterocycles. The number of aromatic nitrogens is 4. The molecule has 1 aliphatic carbocycles. The zero-order chi connectivity index (χ0) is 20.9. The Morgan fingerprint density at radius 3 is 2.52 bits per heavy atom. The number of ketones is 1. The Morgan fingerprint density at radius 2 is 1.71 bits per heavy atom. The highest BCUT2D eigenvalue weighted by atomic mass is 35.5. The number of hydrogen-bond donors (Lipinski definition) is 0. The van der Waals surface area contributed by atoms with Crippen molar-refractivity contribution in [3.63, 3.8) is 0 Å². The molecule has 0 aliphatic heterocycles. The van der Waals surface area contributed by atoms with Gasteiger partial charge in [-0.1, -0.05) is 60.1 Å². The summed E-state index contributed by atoms with van der Waals surface area (Å²) in [6.45, 7) is 0. The van der Waals surface area contributed by atoms with Crippen LogP contribution in [0.25, 0.3) is 38.9 Å². The minimum Gasteiger partial charge on any atom is -0.300 e. The number of rotatable bonds is 3. The van der Waals surface area contributed by atoms with E-state index in [1.165, 1.54) is 0 Å². The van der Waals surface area contributed by atoms with Crippen molar-refractivity contribution in [3.8, 4) is 22.5 Å². The van der Waals surface area contributed by atoms with Crippen LogP contribution in [-0.2, 0) is 4.79 Å². The number of carbonyl (C=O) groups is 1. The summed E-state index contributed by atoms with van der Waals surface area (Å²) in [4.78, 5) is 25.7. The highest BCUT2D eigenvalue weighted by molar-refractivity contribution is 6.29. The Labute approximate surface area is 183 Å². The van der Waals surface area contributed by atoms with Crippen molar-refractivity contribution in [3.05, 3.63) is 84.0 Å². The van der Waals surface area contributed by atoms with E-state index in [0.29, 0.717) is 18.0 Å². The molecule has 0 unspecified atom stereocenters. The molecule has 0 amide bonds. The van der Waals surface area contributed by atoms with Crippen LogP contribution in [0.1, 0.15) is 24.6 Å². The minimum absolute atomic E-state index is 0.0944. The number of benzene rings is 2. The third-order valence-electron chi connectivity index (χ3n) is 5.88. The van der Waals surface area contributed by atoms with Crippen LogP contribution in [0, 0.1) is 0 Å². The van der Waals surface area contributed by atoms with E-state index in [1.807, 2.05) is 34.7 Å². The largest absolute Gasteiger partial charge is 0.300 e. The van der Waals surface area contributed by atoms with Crippen molar-refractivity contribution >= 4 is 33.8 Å². The van der Waals surface area contributed by atoms with Crippen molar-refractivity contribution in [1.29, 1.82) is 0 Å². The predicted molar refractivity (Wildman–Crippen MR) is 121 cm³/mol. The Morgan fingerprint density at radius 1 is 0.903 bits per heavy atom. The van der Waals surface area contributed by atoms with E-state index in [4.69, 9.17) is 21.6 Å². The van der Waals surface area contributed by atoms with E-state index in [2.05, 4.69) is 35.3 Å². The van der Waals surface area contributed by atoms with Crippen LogP contribution in [0.5, 0.6) is 0 Å². The molecule has 5 aromatic rings. The molecule has 0 bridgehead atoms. The lowest BCUT2D eigenvalue weighted by Crippen LogP contribution is -2.23. The van der Waals surface area contributed by atoms with Crippen LogP contribution < -0.4 is 0 Å². The van der Waals surface area contributed by atoms with Gasteiger partial charge in [-0.15, -0.1) is 0 Å². The summed E-state index contributed by atoms with van der Waals surface area (Å²) in [5, 5.41) is 1.56. The Balaban J connectivity index is 1.52. The smallest absolute Gasteiger partial charge is 0.134 e. The fourth-order valence-electron chi connectivity index (χ4n) is 4.21. The number of Topliss-reactive ketones (excluding diaryl/α,β-unsaturated/α-hetero) is 1. The number of carbonyl (C=O) groups excluding carboxylic acids is 1. The summed E-state index contributed by atoms with van der Waals surface area (Å²) >= 11 is 6.47. The summed E-state index contributed by atoms with van der Waals surface area (Å²) in [5.74, 6) is 1.18. The van der Waals surface area contributed by atoms with Crippen LogP contribution in [0.4, 0.5) is 0 Å². The topological polar surface area (TPSA) is 60.2 Å². The predicted octanol–water partition coefficient (Wildman–Crippen LogP) is 5.71. The van der Waals surface area contributed by atoms with E-state index >= 15 is 0 Å². The Kier molecular flexibility index (Phi) is 4.11. The molecule has 150 valence electrons. The van der Waals surface area contributed by atoms with Gasteiger partial charge in [0.15, 0.2) is 0 Å². The van der Waals surface area contributed by atoms with E-state index in [0.717, 1.165) is 44.8 Å². The van der Waals surface area contributed by atoms with Gasteiger partial charge in [0.25, 0.3) is 0 Å². The second kappa shape index (κ2) is 7.00. The van der Waals surface area contributed by atoms with Gasteiger partial charge in [0, 0.05) is 35.3 Å². The molecule has 5 nitrogen and oxygen atoms in total. The lowest BCUT2D eigenvalue weighted by Gasteiger charge is -2.22. The molecule has 0 atom stereocenters. The van der Waals surface area contributed by atoms with Crippen molar-refractivity contribution in [2.45, 2.75) is 18.8 Å². The van der Waals surface area contributed by atoms with Gasteiger partial charge >= 0.3 is 0 Å². The first-order valence-corrected chi connectivity index (χ1v) is 10.6. The molecule has 31 heavy (non-hydrogen) atoms. The van der Waals surface area contributed by atoms with Crippen molar-refractivity contribution in [2.24, 2.45) is 0 Å². The molecule has 1 aliphatic rings. The maximum atomic E-state index is 11.6. The number of pyridine rings is 1. The quantitative estimate of drug-likeness (QED) is 0.372. The number of imidazole rings is 1. The summed E-state index contributed by atoms with van der Waals surface area (Å²) in [5.41, 5.74) is 5.49. The standard InChI is InChI=1S/C25H17ClN4O/c26-23-14-27-13-22-24(29-25(30(22)23)18-10-19(31)11-18)17-7-6-16-8-9-20(28-21(16)12-17)15-4-2-1-3-5-15/h1-9,12-14,18H,10-11H2. The minimum atomic E-state index is 0.0944. The van der Waals surface area contributed by atoms with Gasteiger partial charge in [0.2, 0.25) is 0 Å². The monoisotopic (exact) mass is 424 g/mol. The third-order valence-corrected chi connectivity index (χ3v) is 6.15. The maximum Gasteiger partial charge on any atom is 0.134 e. The summed E-state index contributed by atoms with van der Waals surface area (Å²) in [7, 11) is 0. The average molecular weight is 425 g/mol. The summed E-state index contributed by atoms with van der Waals surface area (Å²) in [6, 6.07) is 20.4. The molecule has 6 rings (SSSR count). The highest BCUT2D eigenvalue weighted by Gasteiger charge is 2.33. The molecule has 6 heteroatoms. The molecule has 3 aromatic heterocycles. The molecule has 0 N–H and O–H groups in total. The summed E-state index contributed by atoms with van der Waals surface area (Å²) in [6.07, 6.45) is 4.40.